The van der Waals surface area contributed by atoms with Gasteiger partial charge in [0.25, 0.3) is 0 Å². The van der Waals surface area contributed by atoms with Gasteiger partial charge in [0, 0.05) is 11.3 Å². The second kappa shape index (κ2) is 8.92. The minimum Gasteiger partial charge on any atom is -0.306 e. The highest BCUT2D eigenvalue weighted by atomic mass is 15.2. The highest BCUT2D eigenvalue weighted by Crippen LogP contribution is 2.48. The predicted molar refractivity (Wildman–Crippen MR) is 175 cm³/mol. The SMILES string of the molecule is c1ccc(N2c3ccccc3-n3c(-c4ccc5cc(-c6ccc7ccccc7c6)ccc5c4)nc4cccc2c43)cc1. The number of aromatic nitrogens is 2. The number of benzene rings is 7. The maximum absolute atomic E-state index is 5.22. The van der Waals surface area contributed by atoms with E-state index in [0.29, 0.717) is 0 Å². The monoisotopic (exact) mass is 535 g/mol. The fourth-order valence-corrected chi connectivity index (χ4v) is 6.48. The van der Waals surface area contributed by atoms with Crippen LogP contribution in [0, 0.1) is 0 Å². The van der Waals surface area contributed by atoms with E-state index in [9.17, 15) is 0 Å². The van der Waals surface area contributed by atoms with E-state index < -0.39 is 0 Å². The van der Waals surface area contributed by atoms with Gasteiger partial charge >= 0.3 is 0 Å². The molecule has 1 aromatic heterocycles. The summed E-state index contributed by atoms with van der Waals surface area (Å²) < 4.78 is 2.34. The summed E-state index contributed by atoms with van der Waals surface area (Å²) in [6.07, 6.45) is 0. The lowest BCUT2D eigenvalue weighted by Crippen LogP contribution is -2.18. The molecule has 3 heteroatoms. The van der Waals surface area contributed by atoms with Crippen LogP contribution in [0.5, 0.6) is 0 Å². The van der Waals surface area contributed by atoms with Crippen molar-refractivity contribution in [2.24, 2.45) is 0 Å². The third-order valence-electron chi connectivity index (χ3n) is 8.46. The first-order valence-corrected chi connectivity index (χ1v) is 14.3. The van der Waals surface area contributed by atoms with Crippen molar-refractivity contribution in [3.63, 3.8) is 0 Å². The van der Waals surface area contributed by atoms with Gasteiger partial charge in [0.1, 0.15) is 5.82 Å². The summed E-state index contributed by atoms with van der Waals surface area (Å²) in [5, 5.41) is 4.94. The number of fused-ring (bicyclic) bond motifs is 4. The zero-order valence-electron chi connectivity index (χ0n) is 22.8. The van der Waals surface area contributed by atoms with Crippen molar-refractivity contribution >= 4 is 49.6 Å². The average molecular weight is 536 g/mol. The molecule has 7 aromatic carbocycles. The van der Waals surface area contributed by atoms with E-state index in [1.54, 1.807) is 0 Å². The Labute approximate surface area is 243 Å². The highest BCUT2D eigenvalue weighted by Gasteiger charge is 2.29. The summed E-state index contributed by atoms with van der Waals surface area (Å²) in [6.45, 7) is 0. The lowest BCUT2D eigenvalue weighted by Gasteiger charge is -2.32. The molecule has 0 amide bonds. The molecule has 0 N–H and O–H groups in total. The Bertz CT molecular complexity index is 2310. The molecule has 9 rings (SSSR count). The standard InChI is InChI=1S/C39H25N3/c1-2-11-33(12-3-1)41-35-14-6-7-15-36(35)42-38-34(13-8-16-37(38)41)40-39(42)32-22-21-30-24-29(19-20-31(30)25-32)28-18-17-26-9-4-5-10-27(26)23-28/h1-25H. The Morgan fingerprint density at radius 2 is 0.976 bits per heavy atom. The largest absolute Gasteiger partial charge is 0.306 e. The Balaban J connectivity index is 1.20. The molecule has 0 atom stereocenters. The van der Waals surface area contributed by atoms with Crippen molar-refractivity contribution in [3.8, 4) is 28.2 Å². The van der Waals surface area contributed by atoms with Gasteiger partial charge in [-0.15, -0.1) is 0 Å². The van der Waals surface area contributed by atoms with E-state index in [0.717, 1.165) is 45.2 Å². The molecule has 8 aromatic rings. The molecular formula is C39H25N3. The van der Waals surface area contributed by atoms with Gasteiger partial charge in [0.2, 0.25) is 0 Å². The lowest BCUT2D eigenvalue weighted by molar-refractivity contribution is 1.06. The molecule has 0 aliphatic carbocycles. The van der Waals surface area contributed by atoms with E-state index in [1.165, 1.54) is 32.7 Å². The Morgan fingerprint density at radius 3 is 1.76 bits per heavy atom. The fourth-order valence-electron chi connectivity index (χ4n) is 6.48. The summed E-state index contributed by atoms with van der Waals surface area (Å²) in [4.78, 5) is 7.56. The summed E-state index contributed by atoms with van der Waals surface area (Å²) in [6, 6.07) is 54.3. The molecule has 2 heterocycles. The van der Waals surface area contributed by atoms with E-state index >= 15 is 0 Å². The number of hydrogen-bond donors (Lipinski definition) is 0. The number of para-hydroxylation sites is 4. The van der Waals surface area contributed by atoms with Crippen LogP contribution in [0.25, 0.3) is 60.8 Å². The lowest BCUT2D eigenvalue weighted by atomic mass is 9.98. The second-order valence-electron chi connectivity index (χ2n) is 10.9. The third-order valence-corrected chi connectivity index (χ3v) is 8.46. The smallest absolute Gasteiger partial charge is 0.145 e. The zero-order valence-corrected chi connectivity index (χ0v) is 22.8. The number of hydrogen-bond acceptors (Lipinski definition) is 2. The Hall–Kier alpha value is -5.67. The van der Waals surface area contributed by atoms with Crippen molar-refractivity contribution in [3.05, 3.63) is 152 Å². The number of imidazole rings is 1. The molecule has 0 bridgehead atoms. The van der Waals surface area contributed by atoms with Crippen LogP contribution < -0.4 is 4.90 Å². The van der Waals surface area contributed by atoms with E-state index in [-0.39, 0.29) is 0 Å². The topological polar surface area (TPSA) is 21.1 Å². The summed E-state index contributed by atoms with van der Waals surface area (Å²) in [7, 11) is 0. The van der Waals surface area contributed by atoms with E-state index in [2.05, 4.69) is 161 Å². The van der Waals surface area contributed by atoms with Crippen molar-refractivity contribution < 1.29 is 0 Å². The van der Waals surface area contributed by atoms with Crippen molar-refractivity contribution in [2.45, 2.75) is 0 Å². The summed E-state index contributed by atoms with van der Waals surface area (Å²) >= 11 is 0. The number of rotatable bonds is 3. The molecule has 0 saturated heterocycles. The Kier molecular flexibility index (Phi) is 4.90. The third kappa shape index (κ3) is 3.44. The van der Waals surface area contributed by atoms with Gasteiger partial charge in [0.05, 0.1) is 28.1 Å². The maximum atomic E-state index is 5.22. The van der Waals surface area contributed by atoms with Crippen LogP contribution in [0.2, 0.25) is 0 Å². The molecule has 42 heavy (non-hydrogen) atoms. The second-order valence-corrected chi connectivity index (χ2v) is 10.9. The molecule has 0 fully saturated rings. The van der Waals surface area contributed by atoms with Crippen LogP contribution in [0.3, 0.4) is 0 Å². The van der Waals surface area contributed by atoms with Crippen LogP contribution in [-0.2, 0) is 0 Å². The molecular weight excluding hydrogens is 510 g/mol. The molecule has 0 radical (unpaired) electrons. The van der Waals surface area contributed by atoms with Gasteiger partial charge in [-0.1, -0.05) is 97.1 Å². The van der Waals surface area contributed by atoms with Crippen molar-refractivity contribution in [1.82, 2.24) is 9.55 Å². The van der Waals surface area contributed by atoms with Gasteiger partial charge in [-0.25, -0.2) is 4.98 Å². The van der Waals surface area contributed by atoms with Gasteiger partial charge < -0.3 is 4.90 Å². The van der Waals surface area contributed by atoms with Gasteiger partial charge in [-0.05, 0) is 87.3 Å². The minimum absolute atomic E-state index is 0.957. The molecule has 1 aliphatic heterocycles. The first-order chi connectivity index (χ1) is 20.8. The zero-order chi connectivity index (χ0) is 27.6. The summed E-state index contributed by atoms with van der Waals surface area (Å²) in [5.74, 6) is 0.957. The fraction of sp³-hybridized carbons (Fsp3) is 0. The first-order valence-electron chi connectivity index (χ1n) is 14.3. The molecule has 0 unspecified atom stereocenters. The molecule has 0 spiro atoms. The van der Waals surface area contributed by atoms with E-state index in [4.69, 9.17) is 4.98 Å². The van der Waals surface area contributed by atoms with Crippen LogP contribution in [-0.4, -0.2) is 9.55 Å². The molecule has 0 saturated carbocycles. The van der Waals surface area contributed by atoms with Crippen molar-refractivity contribution in [1.29, 1.82) is 0 Å². The average Bonchev–Trinajstić information content (AvgIpc) is 3.46. The maximum Gasteiger partial charge on any atom is 0.145 e. The molecule has 3 nitrogen and oxygen atoms in total. The Morgan fingerprint density at radius 1 is 0.405 bits per heavy atom. The van der Waals surface area contributed by atoms with Gasteiger partial charge in [0.15, 0.2) is 0 Å². The number of anilines is 3. The van der Waals surface area contributed by atoms with Crippen LogP contribution in [0.4, 0.5) is 17.1 Å². The van der Waals surface area contributed by atoms with Crippen LogP contribution in [0.15, 0.2) is 152 Å². The predicted octanol–water partition coefficient (Wildman–Crippen LogP) is 10.4. The van der Waals surface area contributed by atoms with Gasteiger partial charge in [-0.3, -0.25) is 4.57 Å². The first kappa shape index (κ1) is 23.1. The normalized spacial score (nSPS) is 12.2. The summed E-state index contributed by atoms with van der Waals surface area (Å²) in [5.41, 5.74) is 10.2. The minimum atomic E-state index is 0.957. The van der Waals surface area contributed by atoms with Crippen LogP contribution >= 0.6 is 0 Å². The number of nitrogens with zero attached hydrogens (tertiary/aromatic N) is 3. The highest BCUT2D eigenvalue weighted by molar-refractivity contribution is 6.03. The van der Waals surface area contributed by atoms with E-state index in [1.807, 2.05) is 0 Å². The molecule has 1 aliphatic rings. The van der Waals surface area contributed by atoms with Gasteiger partial charge in [-0.2, -0.15) is 0 Å². The quantitative estimate of drug-likeness (QED) is 0.224. The van der Waals surface area contributed by atoms with Crippen molar-refractivity contribution in [2.75, 3.05) is 4.90 Å². The molecule has 196 valence electrons. The van der Waals surface area contributed by atoms with Crippen LogP contribution in [0.1, 0.15) is 0 Å².